The van der Waals surface area contributed by atoms with Crippen LogP contribution in [0.4, 0.5) is 0 Å². The maximum absolute atomic E-state index is 12.6. The van der Waals surface area contributed by atoms with Crippen molar-refractivity contribution in [2.45, 2.75) is 6.54 Å². The maximum Gasteiger partial charge on any atom is 0.335 e. The predicted molar refractivity (Wildman–Crippen MR) is 109 cm³/mol. The van der Waals surface area contributed by atoms with Crippen LogP contribution in [0.1, 0.15) is 21.9 Å². The van der Waals surface area contributed by atoms with Gasteiger partial charge in [0.1, 0.15) is 21.6 Å². The minimum Gasteiger partial charge on any atom is -0.478 e. The number of aromatic carboxylic acids is 1. The number of thioether (sulfide) groups is 1. The number of hydrogen-bond acceptors (Lipinski definition) is 6. The fourth-order valence-corrected chi connectivity index (χ4v) is 3.92. The Hall–Kier alpha value is -3.10. The smallest absolute Gasteiger partial charge is 0.335 e. The lowest BCUT2D eigenvalue weighted by atomic mass is 10.1. The van der Waals surface area contributed by atoms with E-state index in [0.717, 1.165) is 5.56 Å². The van der Waals surface area contributed by atoms with Gasteiger partial charge in [-0.25, -0.2) is 4.79 Å². The fraction of sp³-hybridized carbons (Fsp3) is 0.0500. The van der Waals surface area contributed by atoms with Crippen LogP contribution in [0.2, 0.25) is 0 Å². The zero-order valence-corrected chi connectivity index (χ0v) is 16.0. The molecule has 4 rings (SSSR count). The minimum absolute atomic E-state index is 0.199. The van der Waals surface area contributed by atoms with E-state index in [1.54, 1.807) is 48.7 Å². The third kappa shape index (κ3) is 3.64. The van der Waals surface area contributed by atoms with E-state index < -0.39 is 5.97 Å². The van der Waals surface area contributed by atoms with Gasteiger partial charge in [0.25, 0.3) is 5.91 Å². The summed E-state index contributed by atoms with van der Waals surface area (Å²) in [6, 6.07) is 13.4. The summed E-state index contributed by atoms with van der Waals surface area (Å²) in [4.78, 5) is 25.5. The minimum atomic E-state index is -0.983. The van der Waals surface area contributed by atoms with E-state index in [-0.39, 0.29) is 18.0 Å². The Morgan fingerprint density at radius 3 is 2.64 bits per heavy atom. The van der Waals surface area contributed by atoms with Crippen LogP contribution in [0.5, 0.6) is 0 Å². The predicted octanol–water partition coefficient (Wildman–Crippen LogP) is 4.64. The Kier molecular flexibility index (Phi) is 4.89. The molecule has 28 heavy (non-hydrogen) atoms. The van der Waals surface area contributed by atoms with Crippen molar-refractivity contribution < 1.29 is 23.5 Å². The first-order valence-electron chi connectivity index (χ1n) is 8.22. The van der Waals surface area contributed by atoms with E-state index in [2.05, 4.69) is 0 Å². The number of amides is 1. The molecule has 6 nitrogen and oxygen atoms in total. The lowest BCUT2D eigenvalue weighted by molar-refractivity contribution is -0.122. The molecule has 1 N–H and O–H groups in total. The highest BCUT2D eigenvalue weighted by atomic mass is 32.2. The molecule has 3 heterocycles. The molecule has 1 fully saturated rings. The Labute approximate surface area is 169 Å². The highest BCUT2D eigenvalue weighted by Gasteiger charge is 2.32. The molecular formula is C20H13NO5S2. The number of carbonyl (C=O) groups excluding carboxylic acids is 1. The fourth-order valence-electron chi connectivity index (χ4n) is 2.69. The molecule has 2 aromatic heterocycles. The van der Waals surface area contributed by atoms with Gasteiger partial charge < -0.3 is 13.9 Å². The zero-order valence-electron chi connectivity index (χ0n) is 14.3. The number of hydrogen-bond donors (Lipinski definition) is 1. The number of carboxylic acids is 1. The van der Waals surface area contributed by atoms with Crippen molar-refractivity contribution in [2.75, 3.05) is 0 Å². The Balaban J connectivity index is 1.52. The molecule has 0 aliphatic carbocycles. The summed E-state index contributed by atoms with van der Waals surface area (Å²) < 4.78 is 11.5. The van der Waals surface area contributed by atoms with Crippen molar-refractivity contribution in [3.63, 3.8) is 0 Å². The summed E-state index contributed by atoms with van der Waals surface area (Å²) in [6.45, 7) is 0.286. The number of carbonyl (C=O) groups is 2. The first-order valence-corrected chi connectivity index (χ1v) is 9.45. The second-order valence-electron chi connectivity index (χ2n) is 5.93. The summed E-state index contributed by atoms with van der Waals surface area (Å²) in [5.41, 5.74) is 0.950. The van der Waals surface area contributed by atoms with Gasteiger partial charge in [0, 0.05) is 11.6 Å². The van der Waals surface area contributed by atoms with Crippen LogP contribution >= 0.6 is 24.0 Å². The molecule has 0 saturated carbocycles. The molecule has 0 bridgehead atoms. The summed E-state index contributed by atoms with van der Waals surface area (Å²) in [7, 11) is 0. The van der Waals surface area contributed by atoms with Crippen LogP contribution in [0.25, 0.3) is 17.4 Å². The lowest BCUT2D eigenvalue weighted by Crippen LogP contribution is -2.27. The average molecular weight is 411 g/mol. The van der Waals surface area contributed by atoms with Gasteiger partial charge >= 0.3 is 5.97 Å². The number of rotatable bonds is 5. The normalized spacial score (nSPS) is 15.6. The van der Waals surface area contributed by atoms with Crippen LogP contribution in [-0.2, 0) is 11.3 Å². The van der Waals surface area contributed by atoms with Crippen LogP contribution in [0.15, 0.2) is 68.5 Å². The van der Waals surface area contributed by atoms with Crippen molar-refractivity contribution in [1.82, 2.24) is 4.90 Å². The molecule has 3 aromatic rings. The van der Waals surface area contributed by atoms with Gasteiger partial charge in [0.05, 0.1) is 23.3 Å². The zero-order chi connectivity index (χ0) is 19.7. The van der Waals surface area contributed by atoms with Crippen LogP contribution in [0, 0.1) is 0 Å². The first-order chi connectivity index (χ1) is 13.5. The Bertz CT molecular complexity index is 1080. The van der Waals surface area contributed by atoms with Crippen molar-refractivity contribution in [3.8, 4) is 11.3 Å². The molecule has 8 heteroatoms. The van der Waals surface area contributed by atoms with Crippen LogP contribution in [-0.4, -0.2) is 26.2 Å². The first kappa shape index (κ1) is 18.3. The summed E-state index contributed by atoms with van der Waals surface area (Å²) >= 11 is 6.52. The van der Waals surface area contributed by atoms with E-state index in [0.29, 0.717) is 26.5 Å². The van der Waals surface area contributed by atoms with E-state index in [9.17, 15) is 9.59 Å². The molecule has 0 unspecified atom stereocenters. The average Bonchev–Trinajstić information content (AvgIpc) is 3.41. The van der Waals surface area contributed by atoms with Gasteiger partial charge in [0.15, 0.2) is 0 Å². The molecular weight excluding hydrogens is 398 g/mol. The molecule has 0 spiro atoms. The summed E-state index contributed by atoms with van der Waals surface area (Å²) in [5, 5.41) is 8.97. The Morgan fingerprint density at radius 2 is 1.96 bits per heavy atom. The highest BCUT2D eigenvalue weighted by Crippen LogP contribution is 2.34. The third-order valence-corrected chi connectivity index (χ3v) is 5.46. The van der Waals surface area contributed by atoms with E-state index >= 15 is 0 Å². The van der Waals surface area contributed by atoms with E-state index in [1.165, 1.54) is 28.8 Å². The van der Waals surface area contributed by atoms with Gasteiger partial charge in [0.2, 0.25) is 0 Å². The molecule has 140 valence electrons. The monoisotopic (exact) mass is 411 g/mol. The largest absolute Gasteiger partial charge is 0.478 e. The van der Waals surface area contributed by atoms with Gasteiger partial charge in [-0.1, -0.05) is 36.1 Å². The van der Waals surface area contributed by atoms with Crippen LogP contribution < -0.4 is 0 Å². The van der Waals surface area contributed by atoms with Gasteiger partial charge in [-0.15, -0.1) is 0 Å². The number of carboxylic acid groups (broad SMARTS) is 1. The van der Waals surface area contributed by atoms with Gasteiger partial charge in [-0.05, 0) is 36.4 Å². The molecule has 1 aliphatic heterocycles. The number of thiocarbonyl (C=S) groups is 1. The van der Waals surface area contributed by atoms with Crippen molar-refractivity contribution >= 4 is 46.3 Å². The number of nitrogens with zero attached hydrogens (tertiary/aromatic N) is 1. The van der Waals surface area contributed by atoms with Gasteiger partial charge in [-0.3, -0.25) is 9.69 Å². The quantitative estimate of drug-likeness (QED) is 0.484. The van der Waals surface area contributed by atoms with Crippen molar-refractivity contribution in [3.05, 3.63) is 76.8 Å². The molecule has 1 aliphatic rings. The molecule has 0 atom stereocenters. The van der Waals surface area contributed by atoms with Gasteiger partial charge in [-0.2, -0.15) is 0 Å². The highest BCUT2D eigenvalue weighted by molar-refractivity contribution is 8.26. The summed E-state index contributed by atoms with van der Waals surface area (Å²) in [5.74, 6) is 0.561. The van der Waals surface area contributed by atoms with E-state index in [4.69, 9.17) is 26.2 Å². The number of furan rings is 2. The molecule has 1 amide bonds. The second kappa shape index (κ2) is 7.49. The topological polar surface area (TPSA) is 83.9 Å². The van der Waals surface area contributed by atoms with Crippen molar-refractivity contribution in [1.29, 1.82) is 0 Å². The second-order valence-corrected chi connectivity index (χ2v) is 7.61. The summed E-state index contributed by atoms with van der Waals surface area (Å²) in [6.07, 6.45) is 3.20. The molecule has 1 aromatic carbocycles. The SMILES string of the molecule is O=C(O)c1ccc(-c2ccc(C=C3SC(=S)N(Cc4ccco4)C3=O)o2)cc1. The van der Waals surface area contributed by atoms with Crippen LogP contribution in [0.3, 0.4) is 0 Å². The van der Waals surface area contributed by atoms with Crippen molar-refractivity contribution in [2.24, 2.45) is 0 Å². The standard InChI is InChI=1S/C20H13NO5S2/c22-18-17(28-20(27)21(18)11-15-2-1-9-25-15)10-14-7-8-16(26-14)12-3-5-13(6-4-12)19(23)24/h1-10H,11H2,(H,23,24). The number of benzene rings is 1. The maximum atomic E-state index is 12.6. The molecule has 0 radical (unpaired) electrons. The van der Waals surface area contributed by atoms with E-state index in [1.807, 2.05) is 0 Å². The Morgan fingerprint density at radius 1 is 1.18 bits per heavy atom. The third-order valence-electron chi connectivity index (χ3n) is 4.08. The molecule has 1 saturated heterocycles. The lowest BCUT2D eigenvalue weighted by Gasteiger charge is -2.11.